The minimum Gasteiger partial charge on any atom is -0.329 e. The summed E-state index contributed by atoms with van der Waals surface area (Å²) in [5.41, 5.74) is 6.59. The van der Waals surface area contributed by atoms with Crippen molar-refractivity contribution in [2.75, 3.05) is 33.7 Å². The second-order valence-corrected chi connectivity index (χ2v) is 7.07. The summed E-state index contributed by atoms with van der Waals surface area (Å²) in [6.45, 7) is 8.04. The summed E-state index contributed by atoms with van der Waals surface area (Å²) in [5, 5.41) is 0. The summed E-state index contributed by atoms with van der Waals surface area (Å²) < 4.78 is 0. The molecule has 4 atom stereocenters. The molecule has 0 aromatic carbocycles. The van der Waals surface area contributed by atoms with Crippen molar-refractivity contribution in [2.24, 2.45) is 17.6 Å². The lowest BCUT2D eigenvalue weighted by atomic mass is 9.70. The Bertz CT molecular complexity index is 292. The molecular weight excluding hydrogens is 234 g/mol. The van der Waals surface area contributed by atoms with Gasteiger partial charge in [-0.1, -0.05) is 33.1 Å². The molecule has 0 aromatic heterocycles. The predicted molar refractivity (Wildman–Crippen MR) is 82.2 cm³/mol. The predicted octanol–water partition coefficient (Wildman–Crippen LogP) is 2.17. The molecule has 2 N–H and O–H groups in total. The van der Waals surface area contributed by atoms with E-state index < -0.39 is 0 Å². The molecule has 2 fully saturated rings. The first-order valence-corrected chi connectivity index (χ1v) is 8.16. The Labute approximate surface area is 119 Å². The van der Waals surface area contributed by atoms with Crippen molar-refractivity contribution in [1.29, 1.82) is 0 Å². The highest BCUT2D eigenvalue weighted by atomic mass is 15.3. The molecule has 0 bridgehead atoms. The van der Waals surface area contributed by atoms with Crippen molar-refractivity contribution in [3.8, 4) is 0 Å². The van der Waals surface area contributed by atoms with E-state index in [9.17, 15) is 0 Å². The van der Waals surface area contributed by atoms with Crippen molar-refractivity contribution in [3.05, 3.63) is 0 Å². The first-order valence-electron chi connectivity index (χ1n) is 8.16. The van der Waals surface area contributed by atoms with E-state index in [4.69, 9.17) is 5.73 Å². The van der Waals surface area contributed by atoms with Gasteiger partial charge in [0, 0.05) is 31.2 Å². The van der Waals surface area contributed by atoms with E-state index in [0.29, 0.717) is 11.6 Å². The highest BCUT2D eigenvalue weighted by Gasteiger charge is 2.47. The van der Waals surface area contributed by atoms with Gasteiger partial charge >= 0.3 is 0 Å². The van der Waals surface area contributed by atoms with Crippen LogP contribution in [0.5, 0.6) is 0 Å². The van der Waals surface area contributed by atoms with Gasteiger partial charge in [-0.05, 0) is 38.8 Å². The fourth-order valence-electron chi connectivity index (χ4n) is 4.68. The van der Waals surface area contributed by atoms with Gasteiger partial charge in [-0.2, -0.15) is 0 Å². The molecule has 112 valence electrons. The SMILES string of the molecule is CCC1CCCCC1(CN)N1CC(C)C(N(C)C)C1. The van der Waals surface area contributed by atoms with Crippen molar-refractivity contribution in [3.63, 3.8) is 0 Å². The average molecular weight is 267 g/mol. The van der Waals surface area contributed by atoms with E-state index in [0.717, 1.165) is 18.4 Å². The largest absolute Gasteiger partial charge is 0.329 e. The highest BCUT2D eigenvalue weighted by Crippen LogP contribution is 2.42. The third-order valence-electron chi connectivity index (χ3n) is 5.88. The summed E-state index contributed by atoms with van der Waals surface area (Å²) in [6.07, 6.45) is 6.75. The van der Waals surface area contributed by atoms with Crippen LogP contribution in [0.1, 0.15) is 46.0 Å². The summed E-state index contributed by atoms with van der Waals surface area (Å²) in [7, 11) is 4.44. The Kier molecular flexibility index (Phi) is 4.91. The Hall–Kier alpha value is -0.120. The smallest absolute Gasteiger partial charge is 0.0360 e. The van der Waals surface area contributed by atoms with Crippen LogP contribution in [0.4, 0.5) is 0 Å². The molecule has 3 nitrogen and oxygen atoms in total. The van der Waals surface area contributed by atoms with Crippen molar-refractivity contribution >= 4 is 0 Å². The van der Waals surface area contributed by atoms with Crippen LogP contribution in [0.2, 0.25) is 0 Å². The number of likely N-dealkylation sites (tertiary alicyclic amines) is 1. The van der Waals surface area contributed by atoms with Crippen LogP contribution in [0.3, 0.4) is 0 Å². The Morgan fingerprint density at radius 1 is 1.26 bits per heavy atom. The number of hydrogen-bond donors (Lipinski definition) is 1. The van der Waals surface area contributed by atoms with Gasteiger partial charge in [0.2, 0.25) is 0 Å². The number of nitrogens with two attached hydrogens (primary N) is 1. The van der Waals surface area contributed by atoms with Crippen LogP contribution in [0, 0.1) is 11.8 Å². The van der Waals surface area contributed by atoms with Crippen LogP contribution in [-0.4, -0.2) is 55.1 Å². The monoisotopic (exact) mass is 267 g/mol. The molecular formula is C16H33N3. The van der Waals surface area contributed by atoms with Crippen LogP contribution in [0.15, 0.2) is 0 Å². The van der Waals surface area contributed by atoms with E-state index in [1.807, 2.05) is 0 Å². The second kappa shape index (κ2) is 6.11. The molecule has 4 unspecified atom stereocenters. The zero-order chi connectivity index (χ0) is 14.0. The first-order chi connectivity index (χ1) is 9.05. The third-order valence-corrected chi connectivity index (χ3v) is 5.88. The fraction of sp³-hybridized carbons (Fsp3) is 1.00. The fourth-order valence-corrected chi connectivity index (χ4v) is 4.68. The Balaban J connectivity index is 2.17. The van der Waals surface area contributed by atoms with E-state index >= 15 is 0 Å². The van der Waals surface area contributed by atoms with E-state index in [1.165, 1.54) is 45.2 Å². The van der Waals surface area contributed by atoms with Crippen molar-refractivity contribution in [2.45, 2.75) is 57.5 Å². The minimum atomic E-state index is 0.298. The maximum Gasteiger partial charge on any atom is 0.0360 e. The number of hydrogen-bond acceptors (Lipinski definition) is 3. The van der Waals surface area contributed by atoms with E-state index in [2.05, 4.69) is 37.7 Å². The molecule has 1 aliphatic heterocycles. The van der Waals surface area contributed by atoms with Gasteiger partial charge in [0.25, 0.3) is 0 Å². The lowest BCUT2D eigenvalue weighted by Gasteiger charge is -2.50. The van der Waals surface area contributed by atoms with Gasteiger partial charge in [-0.25, -0.2) is 0 Å². The van der Waals surface area contributed by atoms with Gasteiger partial charge in [0.1, 0.15) is 0 Å². The lowest BCUT2D eigenvalue weighted by molar-refractivity contribution is 0.0164. The van der Waals surface area contributed by atoms with E-state index in [-0.39, 0.29) is 0 Å². The highest BCUT2D eigenvalue weighted by molar-refractivity contribution is 5.04. The van der Waals surface area contributed by atoms with Gasteiger partial charge in [0.15, 0.2) is 0 Å². The van der Waals surface area contributed by atoms with Crippen LogP contribution in [-0.2, 0) is 0 Å². The maximum atomic E-state index is 6.30. The summed E-state index contributed by atoms with van der Waals surface area (Å²) >= 11 is 0. The molecule has 1 saturated carbocycles. The topological polar surface area (TPSA) is 32.5 Å². The molecule has 1 heterocycles. The molecule has 1 saturated heterocycles. The van der Waals surface area contributed by atoms with Gasteiger partial charge < -0.3 is 10.6 Å². The van der Waals surface area contributed by atoms with Crippen LogP contribution in [0.25, 0.3) is 0 Å². The molecule has 2 aliphatic rings. The first kappa shape index (κ1) is 15.3. The van der Waals surface area contributed by atoms with Crippen molar-refractivity contribution < 1.29 is 0 Å². The Morgan fingerprint density at radius 3 is 2.53 bits per heavy atom. The average Bonchev–Trinajstić information content (AvgIpc) is 2.81. The number of rotatable bonds is 4. The lowest BCUT2D eigenvalue weighted by Crippen LogP contribution is -2.59. The molecule has 19 heavy (non-hydrogen) atoms. The van der Waals surface area contributed by atoms with Gasteiger partial charge in [-0.3, -0.25) is 4.90 Å². The third kappa shape index (κ3) is 2.70. The molecule has 0 aromatic rings. The zero-order valence-corrected chi connectivity index (χ0v) is 13.4. The van der Waals surface area contributed by atoms with Crippen molar-refractivity contribution in [1.82, 2.24) is 9.80 Å². The summed E-state index contributed by atoms with van der Waals surface area (Å²) in [4.78, 5) is 5.16. The van der Waals surface area contributed by atoms with E-state index in [1.54, 1.807) is 0 Å². The molecule has 0 spiro atoms. The number of nitrogens with zero attached hydrogens (tertiary/aromatic N) is 2. The van der Waals surface area contributed by atoms with Crippen LogP contribution < -0.4 is 5.73 Å². The molecule has 1 aliphatic carbocycles. The minimum absolute atomic E-state index is 0.298. The zero-order valence-electron chi connectivity index (χ0n) is 13.4. The molecule has 0 amide bonds. The molecule has 0 radical (unpaired) electrons. The second-order valence-electron chi connectivity index (χ2n) is 7.07. The standard InChI is InChI=1S/C16H33N3/c1-5-14-8-6-7-9-16(14,12-17)19-10-13(2)15(11-19)18(3)4/h13-15H,5-12,17H2,1-4H3. The molecule has 3 heteroatoms. The quantitative estimate of drug-likeness (QED) is 0.847. The summed E-state index contributed by atoms with van der Waals surface area (Å²) in [6, 6.07) is 0.697. The van der Waals surface area contributed by atoms with Crippen LogP contribution >= 0.6 is 0 Å². The van der Waals surface area contributed by atoms with Gasteiger partial charge in [0.05, 0.1) is 0 Å². The maximum absolute atomic E-state index is 6.30. The summed E-state index contributed by atoms with van der Waals surface area (Å²) in [5.74, 6) is 1.57. The Morgan fingerprint density at radius 2 is 2.00 bits per heavy atom. The molecule has 2 rings (SSSR count). The normalized spacial score (nSPS) is 41.1. The van der Waals surface area contributed by atoms with Gasteiger partial charge in [-0.15, -0.1) is 0 Å². The number of likely N-dealkylation sites (N-methyl/N-ethyl adjacent to an activating group) is 1.